The molecule has 1 heterocycles. The van der Waals surface area contributed by atoms with Crippen LogP contribution in [0.2, 0.25) is 0 Å². The summed E-state index contributed by atoms with van der Waals surface area (Å²) in [6.07, 6.45) is 3.89. The maximum Gasteiger partial charge on any atom is 0.317 e. The second-order valence-electron chi connectivity index (χ2n) is 3.98. The molecule has 1 atom stereocenters. The van der Waals surface area contributed by atoms with Gasteiger partial charge in [0.15, 0.2) is 5.84 Å². The monoisotopic (exact) mass is 228 g/mol. The Bertz CT molecular complexity index is 262. The number of nitrogens with two attached hydrogens (primary N) is 1. The third kappa shape index (κ3) is 3.29. The normalized spacial score (nSPS) is 19.3. The van der Waals surface area contributed by atoms with Crippen molar-refractivity contribution in [2.45, 2.75) is 38.6 Å². The molecule has 1 fully saturated rings. The minimum Gasteiger partial charge on any atom is -0.409 e. The van der Waals surface area contributed by atoms with Gasteiger partial charge in [-0.3, -0.25) is 0 Å². The number of carbonyl (C=O) groups is 1. The first-order valence-electron chi connectivity index (χ1n) is 5.72. The summed E-state index contributed by atoms with van der Waals surface area (Å²) in [5.41, 5.74) is 5.47. The third-order valence-electron chi connectivity index (χ3n) is 2.82. The molecule has 0 aromatic heterocycles. The van der Waals surface area contributed by atoms with E-state index in [0.717, 1.165) is 25.9 Å². The molecule has 16 heavy (non-hydrogen) atoms. The highest BCUT2D eigenvalue weighted by Gasteiger charge is 2.20. The van der Waals surface area contributed by atoms with Crippen molar-refractivity contribution in [2.24, 2.45) is 10.9 Å². The molecule has 1 aliphatic rings. The molecule has 0 aromatic rings. The van der Waals surface area contributed by atoms with Crippen LogP contribution < -0.4 is 11.1 Å². The molecule has 0 radical (unpaired) electrons. The van der Waals surface area contributed by atoms with Gasteiger partial charge in [-0.2, -0.15) is 0 Å². The van der Waals surface area contributed by atoms with Crippen LogP contribution in [0, 0.1) is 0 Å². The number of oxime groups is 1. The van der Waals surface area contributed by atoms with E-state index in [0.29, 0.717) is 6.42 Å². The van der Waals surface area contributed by atoms with Crippen LogP contribution >= 0.6 is 0 Å². The topological polar surface area (TPSA) is 91.0 Å². The van der Waals surface area contributed by atoms with Crippen LogP contribution in [0.3, 0.4) is 0 Å². The molecule has 0 saturated carbocycles. The Labute approximate surface area is 95.5 Å². The van der Waals surface area contributed by atoms with Gasteiger partial charge in [0.05, 0.1) is 6.04 Å². The number of amidine groups is 1. The van der Waals surface area contributed by atoms with E-state index in [-0.39, 0.29) is 17.9 Å². The fourth-order valence-electron chi connectivity index (χ4n) is 1.79. The first-order valence-corrected chi connectivity index (χ1v) is 5.72. The highest BCUT2D eigenvalue weighted by molar-refractivity contribution is 5.89. The Hall–Kier alpha value is -1.46. The number of carbonyl (C=O) groups excluding carboxylic acids is 1. The second kappa shape index (κ2) is 6.19. The number of urea groups is 1. The summed E-state index contributed by atoms with van der Waals surface area (Å²) in [6, 6.07) is -0.516. The molecule has 0 bridgehead atoms. The molecule has 0 aliphatic carbocycles. The molecule has 4 N–H and O–H groups in total. The quantitative estimate of drug-likeness (QED) is 0.287. The van der Waals surface area contributed by atoms with Crippen molar-refractivity contribution in [3.63, 3.8) is 0 Å². The second-order valence-corrected chi connectivity index (χ2v) is 3.98. The molecule has 0 spiro atoms. The number of piperidine rings is 1. The molecule has 6 heteroatoms. The maximum atomic E-state index is 11.8. The molecule has 92 valence electrons. The van der Waals surface area contributed by atoms with E-state index in [4.69, 9.17) is 10.9 Å². The van der Waals surface area contributed by atoms with Gasteiger partial charge >= 0.3 is 6.03 Å². The number of rotatable bonds is 3. The summed E-state index contributed by atoms with van der Waals surface area (Å²) in [4.78, 5) is 13.6. The molecule has 0 aromatic carbocycles. The van der Waals surface area contributed by atoms with Gasteiger partial charge in [-0.25, -0.2) is 4.79 Å². The van der Waals surface area contributed by atoms with Crippen molar-refractivity contribution in [1.29, 1.82) is 0 Å². The van der Waals surface area contributed by atoms with Gasteiger partial charge in [-0.1, -0.05) is 12.1 Å². The average molecular weight is 228 g/mol. The summed E-state index contributed by atoms with van der Waals surface area (Å²) in [5, 5.41) is 14.2. The molecule has 1 unspecified atom stereocenters. The van der Waals surface area contributed by atoms with Crippen LogP contribution in [0.15, 0.2) is 5.16 Å². The molecular weight excluding hydrogens is 208 g/mol. The van der Waals surface area contributed by atoms with Crippen molar-refractivity contribution in [1.82, 2.24) is 10.2 Å². The van der Waals surface area contributed by atoms with Crippen molar-refractivity contribution in [2.75, 3.05) is 13.1 Å². The average Bonchev–Trinajstić information content (AvgIpc) is 2.35. The predicted octanol–water partition coefficient (Wildman–Crippen LogP) is 0.707. The number of amides is 2. The number of hydrogen-bond acceptors (Lipinski definition) is 3. The molecular formula is C10H20N4O2. The molecule has 2 amide bonds. The lowest BCUT2D eigenvalue weighted by molar-refractivity contribution is 0.184. The summed E-state index contributed by atoms with van der Waals surface area (Å²) >= 11 is 0. The standard InChI is InChI=1S/C10H20N4O2/c1-2-8(9(11)13-16)12-10(15)14-6-4-3-5-7-14/h8,16H,2-7H2,1H3,(H2,11,13)(H,12,15). The van der Waals surface area contributed by atoms with Gasteiger partial charge in [0.2, 0.25) is 0 Å². The van der Waals surface area contributed by atoms with Gasteiger partial charge in [0.1, 0.15) is 0 Å². The predicted molar refractivity (Wildman–Crippen MR) is 61.4 cm³/mol. The zero-order valence-electron chi connectivity index (χ0n) is 9.65. The summed E-state index contributed by atoms with van der Waals surface area (Å²) in [7, 11) is 0. The molecule has 6 nitrogen and oxygen atoms in total. The van der Waals surface area contributed by atoms with Crippen molar-refractivity contribution in [3.8, 4) is 0 Å². The number of nitrogens with zero attached hydrogens (tertiary/aromatic N) is 2. The van der Waals surface area contributed by atoms with Gasteiger partial charge in [0.25, 0.3) is 0 Å². The largest absolute Gasteiger partial charge is 0.409 e. The third-order valence-corrected chi connectivity index (χ3v) is 2.82. The highest BCUT2D eigenvalue weighted by atomic mass is 16.4. The Morgan fingerprint density at radius 3 is 2.62 bits per heavy atom. The van der Waals surface area contributed by atoms with Crippen LogP contribution in [0.25, 0.3) is 0 Å². The van der Waals surface area contributed by atoms with Gasteiger partial charge in [0, 0.05) is 13.1 Å². The van der Waals surface area contributed by atoms with Crippen molar-refractivity contribution < 1.29 is 10.0 Å². The zero-order chi connectivity index (χ0) is 12.0. The van der Waals surface area contributed by atoms with Crippen molar-refractivity contribution in [3.05, 3.63) is 0 Å². The fourth-order valence-corrected chi connectivity index (χ4v) is 1.79. The van der Waals surface area contributed by atoms with Crippen LogP contribution in [-0.2, 0) is 0 Å². The zero-order valence-corrected chi connectivity index (χ0v) is 9.65. The van der Waals surface area contributed by atoms with Crippen molar-refractivity contribution >= 4 is 11.9 Å². The van der Waals surface area contributed by atoms with Crippen LogP contribution in [0.1, 0.15) is 32.6 Å². The number of nitrogens with one attached hydrogen (secondary N) is 1. The van der Waals surface area contributed by atoms with E-state index in [1.807, 2.05) is 6.92 Å². The SMILES string of the molecule is CCC(NC(=O)N1CCCCC1)C(N)=NO. The van der Waals surface area contributed by atoms with E-state index in [2.05, 4.69) is 10.5 Å². The van der Waals surface area contributed by atoms with Crippen LogP contribution in [0.5, 0.6) is 0 Å². The van der Waals surface area contributed by atoms with Gasteiger partial charge in [-0.05, 0) is 25.7 Å². The van der Waals surface area contributed by atoms with Crippen LogP contribution in [-0.4, -0.2) is 41.1 Å². The Balaban J connectivity index is 2.47. The van der Waals surface area contributed by atoms with E-state index >= 15 is 0 Å². The highest BCUT2D eigenvalue weighted by Crippen LogP contribution is 2.08. The molecule has 1 aliphatic heterocycles. The van der Waals surface area contributed by atoms with Crippen LogP contribution in [0.4, 0.5) is 4.79 Å². The minimum atomic E-state index is -0.389. The maximum absolute atomic E-state index is 11.8. The lowest BCUT2D eigenvalue weighted by Crippen LogP contribution is -2.50. The lowest BCUT2D eigenvalue weighted by Gasteiger charge is -2.28. The molecule has 1 saturated heterocycles. The summed E-state index contributed by atoms with van der Waals surface area (Å²) in [6.45, 7) is 3.45. The Morgan fingerprint density at radius 2 is 2.12 bits per heavy atom. The van der Waals surface area contributed by atoms with E-state index < -0.39 is 0 Å². The first kappa shape index (κ1) is 12.6. The molecule has 1 rings (SSSR count). The smallest absolute Gasteiger partial charge is 0.317 e. The Kier molecular flexibility index (Phi) is 4.88. The van der Waals surface area contributed by atoms with E-state index in [9.17, 15) is 4.79 Å². The number of likely N-dealkylation sites (tertiary alicyclic amines) is 1. The lowest BCUT2D eigenvalue weighted by atomic mass is 10.1. The first-order chi connectivity index (χ1) is 7.69. The summed E-state index contributed by atoms with van der Waals surface area (Å²) < 4.78 is 0. The van der Waals surface area contributed by atoms with E-state index in [1.54, 1.807) is 4.90 Å². The fraction of sp³-hybridized carbons (Fsp3) is 0.800. The summed E-state index contributed by atoms with van der Waals surface area (Å²) in [5.74, 6) is 0.0489. The van der Waals surface area contributed by atoms with Gasteiger partial charge in [-0.15, -0.1) is 0 Å². The van der Waals surface area contributed by atoms with Gasteiger partial charge < -0.3 is 21.2 Å². The minimum absolute atomic E-state index is 0.0489. The number of hydrogen-bond donors (Lipinski definition) is 3. The Morgan fingerprint density at radius 1 is 1.50 bits per heavy atom. The van der Waals surface area contributed by atoms with E-state index in [1.165, 1.54) is 6.42 Å².